The summed E-state index contributed by atoms with van der Waals surface area (Å²) in [5.74, 6) is -2.15. The average Bonchev–Trinajstić information content (AvgIpc) is 3.18. The molecule has 0 fully saturated rings. The molecule has 1 aromatic heterocycles. The molecule has 1 heterocycles. The second-order valence-corrected chi connectivity index (χ2v) is 8.10. The molecular weight excluding hydrogens is 411 g/mol. The summed E-state index contributed by atoms with van der Waals surface area (Å²) in [6, 6.07) is 11.9. The van der Waals surface area contributed by atoms with E-state index in [0.717, 1.165) is 0 Å². The molecule has 0 bridgehead atoms. The van der Waals surface area contributed by atoms with Crippen LogP contribution in [-0.2, 0) is 15.9 Å². The largest absolute Gasteiger partial charge is 0.496 e. The van der Waals surface area contributed by atoms with E-state index in [2.05, 4.69) is 19.0 Å². The number of hydrogen-bond acceptors (Lipinski definition) is 6. The van der Waals surface area contributed by atoms with Gasteiger partial charge in [-0.15, -0.1) is 0 Å². The minimum Gasteiger partial charge on any atom is -0.496 e. The first-order chi connectivity index (χ1) is 13.6. The summed E-state index contributed by atoms with van der Waals surface area (Å²) in [5, 5.41) is 3.28. The fraction of sp³-hybridized carbons (Fsp3) is 0.167. The van der Waals surface area contributed by atoms with Crippen molar-refractivity contribution in [3.8, 4) is 17.1 Å². The van der Waals surface area contributed by atoms with Crippen molar-refractivity contribution in [1.82, 2.24) is 10.1 Å². The van der Waals surface area contributed by atoms with Gasteiger partial charge in [0.15, 0.2) is 0 Å². The van der Waals surface area contributed by atoms with Crippen molar-refractivity contribution in [2.45, 2.75) is 11.1 Å². The zero-order valence-corrected chi connectivity index (χ0v) is 16.0. The highest BCUT2D eigenvalue weighted by atomic mass is 32.2. The third-order valence-electron chi connectivity index (χ3n) is 3.81. The predicted octanol–water partition coefficient (Wildman–Crippen LogP) is 4.06. The first-order valence-corrected chi connectivity index (χ1v) is 9.95. The Morgan fingerprint density at radius 2 is 1.79 bits per heavy atom. The van der Waals surface area contributed by atoms with Gasteiger partial charge in [-0.25, -0.2) is 4.21 Å². The second-order valence-electron chi connectivity index (χ2n) is 5.84. The zero-order valence-electron chi connectivity index (χ0n) is 15.1. The van der Waals surface area contributed by atoms with Gasteiger partial charge in [0.2, 0.25) is 5.82 Å². The molecule has 0 spiro atoms. The number of amides is 1. The Labute approximate surface area is 163 Å². The minimum absolute atomic E-state index is 0.160. The lowest BCUT2D eigenvalue weighted by Crippen LogP contribution is -2.05. The number of carbonyl (C=O) groups excluding carboxylic acids is 1. The van der Waals surface area contributed by atoms with Gasteiger partial charge in [0.05, 0.1) is 22.4 Å². The van der Waals surface area contributed by atoms with Gasteiger partial charge in [0.1, 0.15) is 5.75 Å². The highest BCUT2D eigenvalue weighted by molar-refractivity contribution is 7.93. The number of halogens is 3. The van der Waals surface area contributed by atoms with Crippen LogP contribution in [0.1, 0.15) is 16.2 Å². The van der Waals surface area contributed by atoms with E-state index in [0.29, 0.717) is 5.75 Å². The maximum absolute atomic E-state index is 12.9. The standard InChI is InChI=1S/C18H14F3N3O4S/c1-27-14-6-4-3-5-13(14)16(25)24-29(2,26)12-9-7-11(8-10-12)15-22-17(28-23-15)18(19,20)21/h3-10H,1-2H3. The number of alkyl halides is 3. The van der Waals surface area contributed by atoms with E-state index in [1.165, 1.54) is 43.7 Å². The average molecular weight is 425 g/mol. The van der Waals surface area contributed by atoms with E-state index < -0.39 is 27.7 Å². The van der Waals surface area contributed by atoms with Gasteiger partial charge >= 0.3 is 12.1 Å². The Morgan fingerprint density at radius 1 is 1.14 bits per heavy atom. The number of rotatable bonds is 4. The molecule has 11 heteroatoms. The van der Waals surface area contributed by atoms with Crippen LogP contribution in [-0.4, -0.2) is 33.6 Å². The molecule has 2 aromatic carbocycles. The summed E-state index contributed by atoms with van der Waals surface area (Å²) in [7, 11) is -1.72. The van der Waals surface area contributed by atoms with Crippen LogP contribution in [0, 0.1) is 0 Å². The van der Waals surface area contributed by atoms with Crippen LogP contribution in [0.15, 0.2) is 62.3 Å². The van der Waals surface area contributed by atoms with Gasteiger partial charge in [-0.3, -0.25) is 4.79 Å². The number of para-hydroxylation sites is 1. The molecule has 0 radical (unpaired) electrons. The number of nitrogens with zero attached hydrogens (tertiary/aromatic N) is 3. The molecular formula is C18H14F3N3O4S. The van der Waals surface area contributed by atoms with Gasteiger partial charge in [0.25, 0.3) is 5.91 Å². The number of carbonyl (C=O) groups is 1. The van der Waals surface area contributed by atoms with E-state index in [1.54, 1.807) is 18.2 Å². The maximum atomic E-state index is 12.9. The second kappa shape index (κ2) is 7.66. The van der Waals surface area contributed by atoms with Crippen molar-refractivity contribution in [3.05, 3.63) is 60.0 Å². The van der Waals surface area contributed by atoms with Crippen molar-refractivity contribution in [3.63, 3.8) is 0 Å². The molecule has 0 saturated carbocycles. The molecule has 1 atom stereocenters. The molecule has 0 aliphatic heterocycles. The van der Waals surface area contributed by atoms with Crippen molar-refractivity contribution in [1.29, 1.82) is 0 Å². The van der Waals surface area contributed by atoms with Crippen molar-refractivity contribution in [2.24, 2.45) is 4.36 Å². The van der Waals surface area contributed by atoms with E-state index in [-0.39, 0.29) is 21.8 Å². The van der Waals surface area contributed by atoms with Crippen LogP contribution in [0.5, 0.6) is 5.75 Å². The molecule has 152 valence electrons. The fourth-order valence-electron chi connectivity index (χ4n) is 2.39. The summed E-state index contributed by atoms with van der Waals surface area (Å²) in [6.07, 6.45) is -3.47. The summed E-state index contributed by atoms with van der Waals surface area (Å²) in [6.45, 7) is 0. The number of ether oxygens (including phenoxy) is 1. The summed E-state index contributed by atoms with van der Waals surface area (Å²) < 4.78 is 63.7. The minimum atomic E-state index is -4.75. The van der Waals surface area contributed by atoms with Crippen LogP contribution in [0.3, 0.4) is 0 Å². The number of hydrogen-bond donors (Lipinski definition) is 0. The zero-order chi connectivity index (χ0) is 21.2. The lowest BCUT2D eigenvalue weighted by molar-refractivity contribution is -0.159. The van der Waals surface area contributed by atoms with Crippen molar-refractivity contribution < 1.29 is 31.4 Å². The quantitative estimate of drug-likeness (QED) is 0.626. The SMILES string of the molecule is COc1ccccc1C(=O)N=S(C)(=O)c1ccc(-c2noc(C(F)(F)F)n2)cc1. The number of aromatic nitrogens is 2. The molecule has 1 amide bonds. The van der Waals surface area contributed by atoms with Crippen LogP contribution in [0.25, 0.3) is 11.4 Å². The van der Waals surface area contributed by atoms with E-state index in [1.807, 2.05) is 0 Å². The smallest absolute Gasteiger partial charge is 0.471 e. The van der Waals surface area contributed by atoms with Crippen LogP contribution in [0.4, 0.5) is 13.2 Å². The highest BCUT2D eigenvalue weighted by Gasteiger charge is 2.38. The van der Waals surface area contributed by atoms with Gasteiger partial charge < -0.3 is 9.26 Å². The molecule has 3 aromatic rings. The molecule has 3 rings (SSSR count). The summed E-state index contributed by atoms with van der Waals surface area (Å²) in [4.78, 5) is 15.9. The molecule has 7 nitrogen and oxygen atoms in total. The van der Waals surface area contributed by atoms with Gasteiger partial charge in [-0.2, -0.15) is 22.5 Å². The van der Waals surface area contributed by atoms with Crippen molar-refractivity contribution >= 4 is 15.6 Å². The van der Waals surface area contributed by atoms with Crippen LogP contribution >= 0.6 is 0 Å². The Kier molecular flexibility index (Phi) is 5.42. The molecule has 1 unspecified atom stereocenters. The van der Waals surface area contributed by atoms with E-state index in [9.17, 15) is 22.2 Å². The highest BCUT2D eigenvalue weighted by Crippen LogP contribution is 2.29. The van der Waals surface area contributed by atoms with Crippen molar-refractivity contribution in [2.75, 3.05) is 13.4 Å². The predicted molar refractivity (Wildman–Crippen MR) is 96.8 cm³/mol. The third kappa shape index (κ3) is 4.45. The van der Waals surface area contributed by atoms with Gasteiger partial charge in [-0.05, 0) is 36.4 Å². The topological polar surface area (TPSA) is 94.7 Å². The Bertz CT molecular complexity index is 1160. The van der Waals surface area contributed by atoms with E-state index >= 15 is 0 Å². The lowest BCUT2D eigenvalue weighted by atomic mass is 10.2. The van der Waals surface area contributed by atoms with Crippen LogP contribution in [0.2, 0.25) is 0 Å². The molecule has 0 aliphatic rings. The normalized spacial score (nSPS) is 13.6. The van der Waals surface area contributed by atoms with Gasteiger partial charge in [0, 0.05) is 16.7 Å². The maximum Gasteiger partial charge on any atom is 0.471 e. The Hall–Kier alpha value is -3.21. The van der Waals surface area contributed by atoms with Crippen LogP contribution < -0.4 is 4.74 Å². The summed E-state index contributed by atoms with van der Waals surface area (Å²) >= 11 is 0. The third-order valence-corrected chi connectivity index (χ3v) is 5.47. The monoisotopic (exact) mass is 425 g/mol. The Balaban J connectivity index is 1.90. The lowest BCUT2D eigenvalue weighted by Gasteiger charge is -2.07. The first kappa shape index (κ1) is 20.5. The Morgan fingerprint density at radius 3 is 2.38 bits per heavy atom. The molecule has 0 aliphatic carbocycles. The number of benzene rings is 2. The summed E-state index contributed by atoms with van der Waals surface area (Å²) in [5.41, 5.74) is 0.381. The fourth-order valence-corrected chi connectivity index (χ4v) is 3.56. The van der Waals surface area contributed by atoms with Gasteiger partial charge in [-0.1, -0.05) is 17.3 Å². The molecule has 29 heavy (non-hydrogen) atoms. The molecule has 0 N–H and O–H groups in total. The first-order valence-electron chi connectivity index (χ1n) is 8.02. The number of methoxy groups -OCH3 is 1. The molecule has 0 saturated heterocycles. The van der Waals surface area contributed by atoms with E-state index in [4.69, 9.17) is 4.74 Å².